The summed E-state index contributed by atoms with van der Waals surface area (Å²) in [5.41, 5.74) is 3.50. The molecule has 206 valence electrons. The van der Waals surface area contributed by atoms with E-state index in [1.807, 2.05) is 0 Å². The first kappa shape index (κ1) is 25.4. The average Bonchev–Trinajstić information content (AvgIpc) is 3.46. The van der Waals surface area contributed by atoms with Crippen LogP contribution in [0.1, 0.15) is 102 Å². The van der Waals surface area contributed by atoms with Crippen LogP contribution in [0, 0.1) is 22.7 Å². The third-order valence-electron chi connectivity index (χ3n) is 11.0. The number of ketones is 1. The number of carbonyl (C=O) groups is 1. The van der Waals surface area contributed by atoms with E-state index in [0.717, 1.165) is 50.5 Å². The van der Waals surface area contributed by atoms with E-state index < -0.39 is 5.60 Å². The molecule has 2 aliphatic heterocycles. The van der Waals surface area contributed by atoms with Gasteiger partial charge in [-0.05, 0) is 61.5 Å². The van der Waals surface area contributed by atoms with Crippen molar-refractivity contribution in [3.8, 4) is 0 Å². The predicted molar refractivity (Wildman–Crippen MR) is 141 cm³/mol. The quantitative estimate of drug-likeness (QED) is 0.383. The molecule has 6 heteroatoms. The molecular formula is C32H42O6. The Morgan fingerprint density at radius 1 is 0.921 bits per heavy atom. The molecule has 7 rings (SSSR count). The molecule has 6 aliphatic rings. The Labute approximate surface area is 226 Å². The Bertz CT molecular complexity index is 1140. The Kier molecular flexibility index (Phi) is 5.82. The first-order chi connectivity index (χ1) is 18.1. The van der Waals surface area contributed by atoms with E-state index in [0.29, 0.717) is 50.3 Å². The zero-order chi connectivity index (χ0) is 26.3. The second-order valence-electron chi connectivity index (χ2n) is 14.2. The van der Waals surface area contributed by atoms with Crippen LogP contribution in [0.15, 0.2) is 35.4 Å². The Morgan fingerprint density at radius 2 is 1.66 bits per heavy atom. The standard InChI is InChI=1S/C32H42O6/c1-29(2)18-35-28(36-19-29)21-6-4-20(5-7-21)23-16-30(3)24(8-9-26(30)33)22-10-13-32(34)17-31(14-15-37-38-31)12-11-25(32)27(22)23/h4-7,22-24,28,34H,8-19H2,1-3H3/t22-,23+,24+,30-,31?,32+/m0/s1. The SMILES string of the molecule is CC1(C)COC(c2ccc([C@H]3C[C@]4(C)C(=O)CC[C@@H]4[C@@H]4CC[C@@]5(O)CC6(CCOO6)CCC5=C43)cc2)OC1. The Morgan fingerprint density at radius 3 is 2.37 bits per heavy atom. The number of carbonyl (C=O) groups excluding carboxylic acids is 1. The normalized spacial score (nSPS) is 42.7. The number of allylic oxidation sites excluding steroid dienone is 1. The van der Waals surface area contributed by atoms with Gasteiger partial charge in [0.05, 0.1) is 25.4 Å². The monoisotopic (exact) mass is 522 g/mol. The molecule has 1 unspecified atom stereocenters. The van der Waals surface area contributed by atoms with E-state index in [4.69, 9.17) is 19.2 Å². The third-order valence-corrected chi connectivity index (χ3v) is 11.0. The van der Waals surface area contributed by atoms with Crippen LogP contribution in [-0.2, 0) is 24.0 Å². The number of hydrogen-bond acceptors (Lipinski definition) is 6. The minimum absolute atomic E-state index is 0.0350. The number of Topliss-reactive ketones (excluding diaryl/α,β-unsaturated/α-hetero) is 1. The molecule has 6 atom stereocenters. The Hall–Kier alpha value is -1.57. The lowest BCUT2D eigenvalue weighted by molar-refractivity contribution is -0.321. The van der Waals surface area contributed by atoms with Crippen molar-refractivity contribution in [3.63, 3.8) is 0 Å². The smallest absolute Gasteiger partial charge is 0.183 e. The maximum absolute atomic E-state index is 13.3. The molecule has 1 aromatic carbocycles. The summed E-state index contributed by atoms with van der Waals surface area (Å²) in [6, 6.07) is 8.70. The highest BCUT2D eigenvalue weighted by Gasteiger charge is 2.60. The minimum atomic E-state index is -0.844. The van der Waals surface area contributed by atoms with E-state index in [1.165, 1.54) is 16.7 Å². The number of hydrogen-bond donors (Lipinski definition) is 1. The molecule has 0 radical (unpaired) electrons. The van der Waals surface area contributed by atoms with Gasteiger partial charge in [-0.15, -0.1) is 0 Å². The molecule has 0 amide bonds. The van der Waals surface area contributed by atoms with Crippen molar-refractivity contribution in [2.75, 3.05) is 19.8 Å². The zero-order valence-corrected chi connectivity index (χ0v) is 23.1. The van der Waals surface area contributed by atoms with Crippen LogP contribution in [0.25, 0.3) is 0 Å². The van der Waals surface area contributed by atoms with Crippen molar-refractivity contribution in [1.29, 1.82) is 0 Å². The van der Waals surface area contributed by atoms with Crippen molar-refractivity contribution in [1.82, 2.24) is 0 Å². The van der Waals surface area contributed by atoms with Crippen LogP contribution >= 0.6 is 0 Å². The maximum Gasteiger partial charge on any atom is 0.183 e. The molecule has 38 heavy (non-hydrogen) atoms. The molecular weight excluding hydrogens is 480 g/mol. The van der Waals surface area contributed by atoms with Gasteiger partial charge in [0.2, 0.25) is 0 Å². The third kappa shape index (κ3) is 3.89. The summed E-state index contributed by atoms with van der Waals surface area (Å²) in [6.45, 7) is 8.50. The van der Waals surface area contributed by atoms with Gasteiger partial charge in [-0.1, -0.05) is 50.6 Å². The molecule has 2 heterocycles. The lowest BCUT2D eigenvalue weighted by Gasteiger charge is -2.55. The van der Waals surface area contributed by atoms with E-state index in [1.54, 1.807) is 0 Å². The minimum Gasteiger partial charge on any atom is -0.385 e. The molecule has 2 saturated heterocycles. The average molecular weight is 523 g/mol. The highest BCUT2D eigenvalue weighted by Crippen LogP contribution is 2.64. The summed E-state index contributed by atoms with van der Waals surface area (Å²) in [5.74, 6) is 1.31. The van der Waals surface area contributed by atoms with Crippen LogP contribution in [0.3, 0.4) is 0 Å². The van der Waals surface area contributed by atoms with Gasteiger partial charge in [0.25, 0.3) is 0 Å². The van der Waals surface area contributed by atoms with E-state index in [-0.39, 0.29) is 28.6 Å². The summed E-state index contributed by atoms with van der Waals surface area (Å²) in [5, 5.41) is 12.1. The highest BCUT2D eigenvalue weighted by atomic mass is 17.2. The van der Waals surface area contributed by atoms with Gasteiger partial charge in [0.1, 0.15) is 11.4 Å². The van der Waals surface area contributed by atoms with Crippen LogP contribution in [0.4, 0.5) is 0 Å². The van der Waals surface area contributed by atoms with Gasteiger partial charge in [-0.25, -0.2) is 9.78 Å². The number of benzene rings is 1. The molecule has 4 aliphatic carbocycles. The number of ether oxygens (including phenoxy) is 2. The van der Waals surface area contributed by atoms with Gasteiger partial charge >= 0.3 is 0 Å². The lowest BCUT2D eigenvalue weighted by atomic mass is 9.51. The van der Waals surface area contributed by atoms with E-state index >= 15 is 0 Å². The molecule has 1 spiro atoms. The zero-order valence-electron chi connectivity index (χ0n) is 23.1. The summed E-state index contributed by atoms with van der Waals surface area (Å²) in [7, 11) is 0. The fourth-order valence-corrected chi connectivity index (χ4v) is 8.96. The van der Waals surface area contributed by atoms with Gasteiger partial charge in [-0.3, -0.25) is 4.79 Å². The molecule has 3 saturated carbocycles. The highest BCUT2D eigenvalue weighted by molar-refractivity contribution is 5.87. The molecule has 1 N–H and O–H groups in total. The van der Waals surface area contributed by atoms with Gasteiger partial charge in [0, 0.05) is 41.6 Å². The summed E-state index contributed by atoms with van der Waals surface area (Å²) in [4.78, 5) is 24.4. The molecule has 0 bridgehead atoms. The van der Waals surface area contributed by atoms with Gasteiger partial charge in [0.15, 0.2) is 6.29 Å². The predicted octanol–water partition coefficient (Wildman–Crippen LogP) is 5.94. The van der Waals surface area contributed by atoms with Crippen LogP contribution < -0.4 is 0 Å². The van der Waals surface area contributed by atoms with Gasteiger partial charge < -0.3 is 14.6 Å². The van der Waals surface area contributed by atoms with Gasteiger partial charge in [-0.2, -0.15) is 0 Å². The first-order valence-electron chi connectivity index (χ1n) is 14.7. The van der Waals surface area contributed by atoms with Crippen LogP contribution in [0.5, 0.6) is 0 Å². The van der Waals surface area contributed by atoms with Crippen molar-refractivity contribution >= 4 is 5.78 Å². The van der Waals surface area contributed by atoms with Crippen LogP contribution in [0.2, 0.25) is 0 Å². The number of aliphatic hydroxyl groups is 1. The summed E-state index contributed by atoms with van der Waals surface area (Å²) >= 11 is 0. The molecule has 1 aromatic rings. The molecule has 0 aromatic heterocycles. The topological polar surface area (TPSA) is 74.2 Å². The maximum atomic E-state index is 13.3. The fourth-order valence-electron chi connectivity index (χ4n) is 8.96. The van der Waals surface area contributed by atoms with Crippen molar-refractivity contribution < 1.29 is 29.1 Å². The number of fused-ring (bicyclic) bond motifs is 4. The molecule has 5 fully saturated rings. The van der Waals surface area contributed by atoms with E-state index in [9.17, 15) is 9.90 Å². The molecule has 6 nitrogen and oxygen atoms in total. The largest absolute Gasteiger partial charge is 0.385 e. The summed E-state index contributed by atoms with van der Waals surface area (Å²) in [6.07, 6.45) is 7.06. The van der Waals surface area contributed by atoms with Crippen molar-refractivity contribution in [2.24, 2.45) is 22.7 Å². The fraction of sp³-hybridized carbons (Fsp3) is 0.719. The summed E-state index contributed by atoms with van der Waals surface area (Å²) < 4.78 is 12.1. The van der Waals surface area contributed by atoms with E-state index in [2.05, 4.69) is 45.0 Å². The number of rotatable bonds is 2. The first-order valence-corrected chi connectivity index (χ1v) is 14.7. The second-order valence-corrected chi connectivity index (χ2v) is 14.2. The van der Waals surface area contributed by atoms with Crippen molar-refractivity contribution in [3.05, 3.63) is 46.5 Å². The van der Waals surface area contributed by atoms with Crippen LogP contribution in [-0.4, -0.2) is 41.9 Å². The van der Waals surface area contributed by atoms with Crippen molar-refractivity contribution in [2.45, 2.75) is 102 Å². The second kappa shape index (κ2) is 8.71. The lowest BCUT2D eigenvalue weighted by Crippen LogP contribution is -2.52. The Balaban J connectivity index is 1.25.